The highest BCUT2D eigenvalue weighted by molar-refractivity contribution is 6.52. The molecule has 1 amide bonds. The Hall–Kier alpha value is -3.52. The van der Waals surface area contributed by atoms with Gasteiger partial charge in [-0.25, -0.2) is 4.98 Å². The van der Waals surface area contributed by atoms with E-state index in [0.29, 0.717) is 47.7 Å². The van der Waals surface area contributed by atoms with Crippen molar-refractivity contribution in [2.75, 3.05) is 24.5 Å². The quantitative estimate of drug-likeness (QED) is 0.126. The molecule has 0 spiro atoms. The predicted octanol–water partition coefficient (Wildman–Crippen LogP) is 7.95. The number of halogens is 5. The van der Waals surface area contributed by atoms with Gasteiger partial charge in [0, 0.05) is 42.8 Å². The molecule has 1 aliphatic heterocycles. The summed E-state index contributed by atoms with van der Waals surface area (Å²) in [4.78, 5) is 40.0. The number of nitrogens with zero attached hydrogens (tertiary/aromatic N) is 6. The third-order valence-electron chi connectivity index (χ3n) is 7.99. The molecule has 4 aromatic rings. The second kappa shape index (κ2) is 12.9. The number of carbonyl (C=O) groups excluding carboxylic acids is 1. The SMILES string of the molecule is C=CC(=O)N1CCN(c2c(C#N)c(=O)n(-c3c(C)ccnc3C(C)C)c3nc(-c4c(Cl)c(O)c(Cl)c(Cl)c4Cl)c(Cl)cc23)C[C@H]1C. The Morgan fingerprint density at radius 1 is 1.13 bits per heavy atom. The van der Waals surface area contributed by atoms with Crippen LogP contribution >= 0.6 is 58.0 Å². The zero-order valence-corrected chi connectivity index (χ0v) is 28.9. The van der Waals surface area contributed by atoms with Crippen LogP contribution in [-0.2, 0) is 4.79 Å². The minimum Gasteiger partial charge on any atom is -0.505 e. The van der Waals surface area contributed by atoms with Gasteiger partial charge in [0.05, 0.1) is 42.9 Å². The van der Waals surface area contributed by atoms with Crippen LogP contribution in [-0.4, -0.2) is 56.1 Å². The second-order valence-electron chi connectivity index (χ2n) is 11.2. The van der Waals surface area contributed by atoms with Crippen LogP contribution in [0.15, 0.2) is 35.8 Å². The monoisotopic (exact) mass is 718 g/mol. The first-order valence-corrected chi connectivity index (χ1v) is 16.0. The number of piperazine rings is 1. The number of nitriles is 1. The summed E-state index contributed by atoms with van der Waals surface area (Å²) in [6, 6.07) is 5.19. The van der Waals surface area contributed by atoms with Gasteiger partial charge in [-0.05, 0) is 43.5 Å². The largest absolute Gasteiger partial charge is 0.505 e. The van der Waals surface area contributed by atoms with E-state index in [2.05, 4.69) is 17.6 Å². The highest BCUT2D eigenvalue weighted by Crippen LogP contribution is 2.51. The van der Waals surface area contributed by atoms with E-state index in [1.807, 2.05) is 32.6 Å². The summed E-state index contributed by atoms with van der Waals surface area (Å²) in [5.41, 5.74) is 1.49. The van der Waals surface area contributed by atoms with E-state index in [9.17, 15) is 20.0 Å². The average Bonchev–Trinajstić information content (AvgIpc) is 3.02. The smallest absolute Gasteiger partial charge is 0.276 e. The molecular weight excluding hydrogens is 694 g/mol. The number of rotatable bonds is 5. The Balaban J connectivity index is 1.94. The van der Waals surface area contributed by atoms with Crippen LogP contribution in [0.1, 0.15) is 43.5 Å². The Labute approximate surface area is 290 Å². The Kier molecular flexibility index (Phi) is 9.52. The molecule has 1 fully saturated rings. The highest BCUT2D eigenvalue weighted by Gasteiger charge is 2.33. The molecule has 0 bridgehead atoms. The van der Waals surface area contributed by atoms with Crippen LogP contribution in [0.4, 0.5) is 5.69 Å². The summed E-state index contributed by atoms with van der Waals surface area (Å²) in [5, 5.41) is 20.8. The van der Waals surface area contributed by atoms with Crippen molar-refractivity contribution in [2.24, 2.45) is 0 Å². The lowest BCUT2D eigenvalue weighted by atomic mass is 10.0. The van der Waals surface area contributed by atoms with Crippen molar-refractivity contribution in [3.63, 3.8) is 0 Å². The lowest BCUT2D eigenvalue weighted by molar-refractivity contribution is -0.128. The van der Waals surface area contributed by atoms with Crippen LogP contribution in [0.5, 0.6) is 5.75 Å². The van der Waals surface area contributed by atoms with Crippen molar-refractivity contribution in [3.8, 4) is 28.8 Å². The molecule has 0 saturated carbocycles. The van der Waals surface area contributed by atoms with Gasteiger partial charge in [0.25, 0.3) is 5.56 Å². The van der Waals surface area contributed by atoms with Crippen LogP contribution < -0.4 is 10.5 Å². The zero-order valence-electron chi connectivity index (χ0n) is 25.1. The average molecular weight is 721 g/mol. The fourth-order valence-corrected chi connectivity index (χ4v) is 7.12. The Morgan fingerprint density at radius 2 is 1.83 bits per heavy atom. The third kappa shape index (κ3) is 5.46. The van der Waals surface area contributed by atoms with Crippen molar-refractivity contribution in [1.29, 1.82) is 5.26 Å². The molecule has 0 radical (unpaired) electrons. The summed E-state index contributed by atoms with van der Waals surface area (Å²) < 4.78 is 1.36. The molecule has 0 aliphatic carbocycles. The third-order valence-corrected chi connectivity index (χ3v) is 9.97. The van der Waals surface area contributed by atoms with Crippen molar-refractivity contribution in [1.82, 2.24) is 19.4 Å². The summed E-state index contributed by atoms with van der Waals surface area (Å²) in [5.74, 6) is -0.843. The molecule has 46 heavy (non-hydrogen) atoms. The molecule has 1 aliphatic rings. The Bertz CT molecular complexity index is 2030. The summed E-state index contributed by atoms with van der Waals surface area (Å²) in [6.07, 6.45) is 2.91. The normalized spacial score (nSPS) is 15.0. The fraction of sp³-hybridized carbons (Fsp3) is 0.281. The van der Waals surface area contributed by atoms with Gasteiger partial charge < -0.3 is 14.9 Å². The number of carbonyl (C=O) groups is 1. The summed E-state index contributed by atoms with van der Waals surface area (Å²) in [7, 11) is 0. The lowest BCUT2D eigenvalue weighted by Crippen LogP contribution is -2.54. The van der Waals surface area contributed by atoms with Crippen molar-refractivity contribution < 1.29 is 9.90 Å². The molecule has 4 heterocycles. The van der Waals surface area contributed by atoms with Gasteiger partial charge in [0.15, 0.2) is 5.75 Å². The number of aromatic hydroxyl groups is 1. The van der Waals surface area contributed by atoms with E-state index in [1.54, 1.807) is 23.2 Å². The maximum absolute atomic E-state index is 14.5. The van der Waals surface area contributed by atoms with Crippen molar-refractivity contribution in [2.45, 2.75) is 39.7 Å². The number of fused-ring (bicyclic) bond motifs is 1. The van der Waals surface area contributed by atoms with Gasteiger partial charge in [-0.15, -0.1) is 0 Å². The second-order valence-corrected chi connectivity index (χ2v) is 13.1. The lowest BCUT2D eigenvalue weighted by Gasteiger charge is -2.41. The fourth-order valence-electron chi connectivity index (χ4n) is 5.80. The van der Waals surface area contributed by atoms with E-state index < -0.39 is 11.3 Å². The number of aryl methyl sites for hydroxylation is 1. The van der Waals surface area contributed by atoms with Gasteiger partial charge >= 0.3 is 0 Å². The number of aromatic nitrogens is 3. The highest BCUT2D eigenvalue weighted by atomic mass is 35.5. The number of hydrogen-bond acceptors (Lipinski definition) is 7. The molecule has 3 aromatic heterocycles. The summed E-state index contributed by atoms with van der Waals surface area (Å²) >= 11 is 32.5. The minimum atomic E-state index is -0.629. The van der Waals surface area contributed by atoms with Crippen molar-refractivity contribution in [3.05, 3.63) is 83.3 Å². The number of phenolic OH excluding ortho intramolecular Hbond substituents is 1. The van der Waals surface area contributed by atoms with E-state index in [0.717, 1.165) is 0 Å². The van der Waals surface area contributed by atoms with Gasteiger partial charge in [-0.1, -0.05) is 78.4 Å². The molecule has 1 saturated heterocycles. The molecule has 238 valence electrons. The molecule has 1 aromatic carbocycles. The minimum absolute atomic E-state index is 0.00390. The van der Waals surface area contributed by atoms with Crippen LogP contribution in [0.25, 0.3) is 28.0 Å². The zero-order chi connectivity index (χ0) is 33.8. The number of pyridine rings is 3. The van der Waals surface area contributed by atoms with Crippen LogP contribution in [0, 0.1) is 18.3 Å². The standard InChI is InChI=1S/C32H27Cl5N6O3/c1-6-20(44)42-10-9-41(13-16(42)5)29-17-11-19(33)27(21-22(34)24(36)25(37)30(45)23(21)35)40-31(17)43(32(46)18(29)12-38)28-15(4)7-8-39-26(28)14(2)3/h6-8,11,14,16,45H,1,9-10,13H2,2-5H3/t16-/m1/s1. The van der Waals surface area contributed by atoms with Crippen LogP contribution in [0.3, 0.4) is 0 Å². The molecule has 14 heteroatoms. The Morgan fingerprint density at radius 3 is 2.43 bits per heavy atom. The number of amides is 1. The molecule has 9 nitrogen and oxygen atoms in total. The van der Waals surface area contributed by atoms with Gasteiger partial charge in [-0.2, -0.15) is 5.26 Å². The molecule has 1 atom stereocenters. The molecule has 0 unspecified atom stereocenters. The van der Waals surface area contributed by atoms with E-state index >= 15 is 0 Å². The first kappa shape index (κ1) is 33.8. The molecule has 5 rings (SSSR count). The number of phenols is 1. The predicted molar refractivity (Wildman–Crippen MR) is 184 cm³/mol. The van der Waals surface area contributed by atoms with E-state index in [4.69, 9.17) is 63.0 Å². The summed E-state index contributed by atoms with van der Waals surface area (Å²) in [6.45, 7) is 12.1. The van der Waals surface area contributed by atoms with Crippen LogP contribution in [0.2, 0.25) is 25.1 Å². The topological polar surface area (TPSA) is 115 Å². The molecular formula is C32H27Cl5N6O3. The van der Waals surface area contributed by atoms with Gasteiger partial charge in [-0.3, -0.25) is 19.1 Å². The van der Waals surface area contributed by atoms with Gasteiger partial charge in [0.2, 0.25) is 5.91 Å². The van der Waals surface area contributed by atoms with E-state index in [-0.39, 0.29) is 65.4 Å². The number of benzene rings is 1. The first-order chi connectivity index (χ1) is 21.7. The van der Waals surface area contributed by atoms with E-state index in [1.165, 1.54) is 10.6 Å². The molecule has 1 N–H and O–H groups in total. The number of anilines is 1. The first-order valence-electron chi connectivity index (χ1n) is 14.1. The van der Waals surface area contributed by atoms with Gasteiger partial charge in [0.1, 0.15) is 22.3 Å². The van der Waals surface area contributed by atoms with Crippen molar-refractivity contribution >= 4 is 80.6 Å². The maximum Gasteiger partial charge on any atom is 0.276 e. The maximum atomic E-state index is 14.5. The number of hydrogen-bond donors (Lipinski definition) is 1.